The van der Waals surface area contributed by atoms with E-state index < -0.39 is 0 Å². The van der Waals surface area contributed by atoms with Crippen molar-refractivity contribution in [3.05, 3.63) is 35.4 Å². The van der Waals surface area contributed by atoms with Gasteiger partial charge in [-0.1, -0.05) is 6.92 Å². The number of benzene rings is 1. The average molecular weight is 317 g/mol. The summed E-state index contributed by atoms with van der Waals surface area (Å²) in [5, 5.41) is 4.34. The summed E-state index contributed by atoms with van der Waals surface area (Å²) in [6.07, 6.45) is 1.65. The van der Waals surface area contributed by atoms with Crippen LogP contribution in [-0.4, -0.2) is 35.1 Å². The minimum atomic E-state index is -0.367. The zero-order valence-electron chi connectivity index (χ0n) is 11.9. The predicted molar refractivity (Wildman–Crippen MR) is 85.7 cm³/mol. The zero-order valence-corrected chi connectivity index (χ0v) is 13.5. The third kappa shape index (κ3) is 3.89. The molecule has 5 heteroatoms. The molecule has 1 N–H and O–H groups in total. The maximum absolute atomic E-state index is 13.8. The number of hydrogen-bond donors (Lipinski definition) is 1. The van der Waals surface area contributed by atoms with E-state index in [9.17, 15) is 8.78 Å². The van der Waals surface area contributed by atoms with Gasteiger partial charge in [0.15, 0.2) is 0 Å². The summed E-state index contributed by atoms with van der Waals surface area (Å²) < 4.78 is 27.1. The van der Waals surface area contributed by atoms with E-state index in [0.29, 0.717) is 22.5 Å². The number of halogens is 2. The number of nitrogens with one attached hydrogen (secondary N) is 1. The van der Waals surface area contributed by atoms with E-state index in [0.717, 1.165) is 12.2 Å². The molecule has 1 aromatic rings. The van der Waals surface area contributed by atoms with E-state index >= 15 is 0 Å². The molecule has 1 aliphatic rings. The first-order valence-electron chi connectivity index (χ1n) is 7.00. The standard InChI is InChI=1S/C15H21F2NS2/c1-3-14-15(20-7-6-19-14)13(18-2)9-10-8-11(16)4-5-12(10)17/h4-5,8,13-15,18H,3,6-7,9H2,1-2H3. The molecule has 1 saturated heterocycles. The smallest absolute Gasteiger partial charge is 0.126 e. The Balaban J connectivity index is 2.13. The molecule has 1 fully saturated rings. The van der Waals surface area contributed by atoms with Gasteiger partial charge in [-0.15, -0.1) is 0 Å². The number of hydrogen-bond acceptors (Lipinski definition) is 3. The largest absolute Gasteiger partial charge is 0.316 e. The van der Waals surface area contributed by atoms with Crippen LogP contribution in [0.4, 0.5) is 8.78 Å². The molecule has 0 bridgehead atoms. The fourth-order valence-corrected chi connectivity index (χ4v) is 5.93. The summed E-state index contributed by atoms with van der Waals surface area (Å²) in [4.78, 5) is 0. The lowest BCUT2D eigenvalue weighted by molar-refractivity contribution is 0.499. The van der Waals surface area contributed by atoms with Crippen molar-refractivity contribution in [3.63, 3.8) is 0 Å². The summed E-state index contributed by atoms with van der Waals surface area (Å²) in [5.74, 6) is 1.64. The van der Waals surface area contributed by atoms with Crippen LogP contribution in [0.3, 0.4) is 0 Å². The highest BCUT2D eigenvalue weighted by molar-refractivity contribution is 8.07. The van der Waals surface area contributed by atoms with Gasteiger partial charge in [0.1, 0.15) is 11.6 Å². The van der Waals surface area contributed by atoms with Crippen molar-refractivity contribution in [2.75, 3.05) is 18.6 Å². The third-order valence-electron chi connectivity index (χ3n) is 3.71. The Morgan fingerprint density at radius 1 is 1.30 bits per heavy atom. The average Bonchev–Trinajstić information content (AvgIpc) is 2.48. The van der Waals surface area contributed by atoms with E-state index in [-0.39, 0.29) is 17.7 Å². The molecule has 1 heterocycles. The third-order valence-corrected chi connectivity index (χ3v) is 7.12. The van der Waals surface area contributed by atoms with Crippen molar-refractivity contribution in [3.8, 4) is 0 Å². The molecule has 0 saturated carbocycles. The van der Waals surface area contributed by atoms with Crippen LogP contribution >= 0.6 is 23.5 Å². The van der Waals surface area contributed by atoms with Crippen LogP contribution in [0.1, 0.15) is 18.9 Å². The van der Waals surface area contributed by atoms with E-state index in [1.165, 1.54) is 24.0 Å². The van der Waals surface area contributed by atoms with Crippen molar-refractivity contribution in [1.82, 2.24) is 5.32 Å². The first kappa shape index (κ1) is 16.1. The second-order valence-electron chi connectivity index (χ2n) is 4.99. The number of thioether (sulfide) groups is 2. The molecular weight excluding hydrogens is 296 g/mol. The lowest BCUT2D eigenvalue weighted by Gasteiger charge is -2.36. The Bertz CT molecular complexity index is 442. The minimum Gasteiger partial charge on any atom is -0.316 e. The Morgan fingerprint density at radius 2 is 2.05 bits per heavy atom. The summed E-state index contributed by atoms with van der Waals surface area (Å²) in [5.41, 5.74) is 0.468. The molecule has 0 aromatic heterocycles. The van der Waals surface area contributed by atoms with E-state index in [1.807, 2.05) is 30.6 Å². The van der Waals surface area contributed by atoms with Crippen molar-refractivity contribution < 1.29 is 8.78 Å². The van der Waals surface area contributed by atoms with Gasteiger partial charge in [0, 0.05) is 28.0 Å². The van der Waals surface area contributed by atoms with Gasteiger partial charge in [-0.2, -0.15) is 23.5 Å². The van der Waals surface area contributed by atoms with Gasteiger partial charge < -0.3 is 5.32 Å². The van der Waals surface area contributed by atoms with Crippen LogP contribution in [0.5, 0.6) is 0 Å². The van der Waals surface area contributed by atoms with Gasteiger partial charge in [0.05, 0.1) is 0 Å². The minimum absolute atomic E-state index is 0.175. The molecule has 0 spiro atoms. The maximum atomic E-state index is 13.8. The van der Waals surface area contributed by atoms with Gasteiger partial charge in [0.25, 0.3) is 0 Å². The summed E-state index contributed by atoms with van der Waals surface area (Å²) in [6.45, 7) is 2.20. The van der Waals surface area contributed by atoms with Gasteiger partial charge >= 0.3 is 0 Å². The lowest BCUT2D eigenvalue weighted by Crippen LogP contribution is -2.45. The summed E-state index contributed by atoms with van der Waals surface area (Å²) in [6, 6.07) is 3.89. The normalized spacial score (nSPS) is 24.6. The SMILES string of the molecule is CCC1SCCSC1C(Cc1cc(F)ccc1F)NC. The quantitative estimate of drug-likeness (QED) is 0.889. The molecule has 112 valence electrons. The van der Waals surface area contributed by atoms with Gasteiger partial charge in [-0.05, 0) is 43.7 Å². The van der Waals surface area contributed by atoms with Crippen LogP contribution in [0.15, 0.2) is 18.2 Å². The maximum Gasteiger partial charge on any atom is 0.126 e. The molecule has 20 heavy (non-hydrogen) atoms. The van der Waals surface area contributed by atoms with Crippen molar-refractivity contribution in [2.24, 2.45) is 0 Å². The fraction of sp³-hybridized carbons (Fsp3) is 0.600. The van der Waals surface area contributed by atoms with Gasteiger partial charge in [-0.3, -0.25) is 0 Å². The molecular formula is C15H21F2NS2. The van der Waals surface area contributed by atoms with E-state index in [4.69, 9.17) is 0 Å². The predicted octanol–water partition coefficient (Wildman–Crippen LogP) is 3.72. The summed E-state index contributed by atoms with van der Waals surface area (Å²) >= 11 is 3.96. The molecule has 3 unspecified atom stereocenters. The van der Waals surface area contributed by atoms with Crippen molar-refractivity contribution in [2.45, 2.75) is 36.3 Å². The van der Waals surface area contributed by atoms with E-state index in [1.54, 1.807) is 0 Å². The second kappa shape index (κ2) is 7.66. The molecule has 1 aliphatic heterocycles. The number of rotatable bonds is 5. The van der Waals surface area contributed by atoms with Crippen molar-refractivity contribution >= 4 is 23.5 Å². The fourth-order valence-electron chi connectivity index (χ4n) is 2.63. The topological polar surface area (TPSA) is 12.0 Å². The Morgan fingerprint density at radius 3 is 2.75 bits per heavy atom. The lowest BCUT2D eigenvalue weighted by atomic mass is 9.99. The second-order valence-corrected chi connectivity index (χ2v) is 7.62. The van der Waals surface area contributed by atoms with E-state index in [2.05, 4.69) is 12.2 Å². The zero-order chi connectivity index (χ0) is 14.5. The highest BCUT2D eigenvalue weighted by Gasteiger charge is 2.31. The Hall–Kier alpha value is -0.260. The van der Waals surface area contributed by atoms with Crippen LogP contribution in [0.25, 0.3) is 0 Å². The van der Waals surface area contributed by atoms with Crippen LogP contribution in [-0.2, 0) is 6.42 Å². The Labute approximate surface area is 128 Å². The molecule has 0 amide bonds. The highest BCUT2D eigenvalue weighted by Crippen LogP contribution is 2.36. The van der Waals surface area contributed by atoms with Crippen molar-refractivity contribution in [1.29, 1.82) is 0 Å². The first-order valence-corrected chi connectivity index (χ1v) is 9.09. The van der Waals surface area contributed by atoms with Crippen LogP contribution < -0.4 is 5.32 Å². The summed E-state index contributed by atoms with van der Waals surface area (Å²) in [7, 11) is 1.91. The first-order chi connectivity index (χ1) is 9.65. The molecule has 0 aliphatic carbocycles. The highest BCUT2D eigenvalue weighted by atomic mass is 32.2. The Kier molecular flexibility index (Phi) is 6.18. The van der Waals surface area contributed by atoms with Crippen LogP contribution in [0, 0.1) is 11.6 Å². The molecule has 2 rings (SSSR count). The number of likely N-dealkylation sites (N-methyl/N-ethyl adjacent to an activating group) is 1. The van der Waals surface area contributed by atoms with Gasteiger partial charge in [-0.25, -0.2) is 8.78 Å². The molecule has 1 nitrogen and oxygen atoms in total. The van der Waals surface area contributed by atoms with Gasteiger partial charge in [0.2, 0.25) is 0 Å². The molecule has 3 atom stereocenters. The molecule has 1 aromatic carbocycles. The monoisotopic (exact) mass is 317 g/mol. The molecule has 0 radical (unpaired) electrons. The van der Waals surface area contributed by atoms with Crippen LogP contribution in [0.2, 0.25) is 0 Å².